The van der Waals surface area contributed by atoms with Crippen molar-refractivity contribution in [3.05, 3.63) is 29.8 Å². The fraction of sp³-hybridized carbons (Fsp3) is 0.647. The van der Waals surface area contributed by atoms with Crippen LogP contribution >= 0.6 is 0 Å². The lowest BCUT2D eigenvalue weighted by atomic mass is 9.89. The lowest BCUT2D eigenvalue weighted by Crippen LogP contribution is -2.40. The van der Waals surface area contributed by atoms with E-state index in [-0.39, 0.29) is 5.60 Å². The van der Waals surface area contributed by atoms with E-state index in [4.69, 9.17) is 4.74 Å². The Balaban J connectivity index is 2.12. The maximum atomic E-state index is 6.06. The Hall–Kier alpha value is -1.02. The molecular weight excluding hydrogens is 234 g/mol. The zero-order valence-electron chi connectivity index (χ0n) is 12.9. The molecule has 0 amide bonds. The van der Waals surface area contributed by atoms with Crippen molar-refractivity contribution >= 4 is 0 Å². The summed E-state index contributed by atoms with van der Waals surface area (Å²) < 4.78 is 6.06. The number of ether oxygens (including phenoxy) is 1. The van der Waals surface area contributed by atoms with Gasteiger partial charge in [-0.05, 0) is 38.3 Å². The van der Waals surface area contributed by atoms with Crippen LogP contribution in [0.25, 0.3) is 0 Å². The highest BCUT2D eigenvalue weighted by molar-refractivity contribution is 5.38. The van der Waals surface area contributed by atoms with Crippen molar-refractivity contribution in [3.8, 4) is 5.75 Å². The summed E-state index contributed by atoms with van der Waals surface area (Å²) in [6.07, 6.45) is 1.02. The van der Waals surface area contributed by atoms with Gasteiger partial charge in [0.2, 0.25) is 0 Å². The summed E-state index contributed by atoms with van der Waals surface area (Å²) >= 11 is 0. The summed E-state index contributed by atoms with van der Waals surface area (Å²) in [5.74, 6) is 2.45. The topological polar surface area (TPSA) is 21.3 Å². The van der Waals surface area contributed by atoms with Crippen molar-refractivity contribution in [2.75, 3.05) is 6.54 Å². The summed E-state index contributed by atoms with van der Waals surface area (Å²) in [5, 5.41) is 3.73. The fourth-order valence-corrected chi connectivity index (χ4v) is 2.55. The van der Waals surface area contributed by atoms with Crippen LogP contribution in [-0.2, 0) is 0 Å². The predicted molar refractivity (Wildman–Crippen MR) is 80.5 cm³/mol. The number of hydrogen-bond donors (Lipinski definition) is 1. The molecule has 1 aliphatic heterocycles. The van der Waals surface area contributed by atoms with E-state index in [1.54, 1.807) is 0 Å². The van der Waals surface area contributed by atoms with Gasteiger partial charge in [-0.25, -0.2) is 0 Å². The molecule has 106 valence electrons. The van der Waals surface area contributed by atoms with Crippen molar-refractivity contribution in [1.29, 1.82) is 0 Å². The Kier molecular flexibility index (Phi) is 4.19. The van der Waals surface area contributed by atoms with Crippen molar-refractivity contribution in [2.24, 2.45) is 11.8 Å². The smallest absolute Gasteiger partial charge is 0.124 e. The Morgan fingerprint density at radius 2 is 1.95 bits per heavy atom. The van der Waals surface area contributed by atoms with Gasteiger partial charge in [0.05, 0.1) is 0 Å². The Bertz CT molecular complexity index is 425. The average Bonchev–Trinajstić information content (AvgIpc) is 2.34. The van der Waals surface area contributed by atoms with E-state index in [0.717, 1.165) is 24.6 Å². The molecule has 2 nitrogen and oxygen atoms in total. The molecule has 1 N–H and O–H groups in total. The van der Waals surface area contributed by atoms with E-state index < -0.39 is 0 Å². The zero-order valence-corrected chi connectivity index (χ0v) is 12.9. The van der Waals surface area contributed by atoms with E-state index in [1.165, 1.54) is 5.56 Å². The Morgan fingerprint density at radius 1 is 1.26 bits per heavy atom. The maximum absolute atomic E-state index is 6.06. The first-order valence-electron chi connectivity index (χ1n) is 7.40. The second-order valence-electron chi connectivity index (χ2n) is 6.79. The van der Waals surface area contributed by atoms with Gasteiger partial charge in [0, 0.05) is 18.0 Å². The van der Waals surface area contributed by atoms with Gasteiger partial charge in [-0.15, -0.1) is 0 Å². The number of fused-ring (bicyclic) bond motifs is 1. The first-order valence-corrected chi connectivity index (χ1v) is 7.40. The third-order valence-corrected chi connectivity index (χ3v) is 4.20. The molecule has 2 unspecified atom stereocenters. The van der Waals surface area contributed by atoms with Gasteiger partial charge in [-0.2, -0.15) is 0 Å². The monoisotopic (exact) mass is 261 g/mol. The molecule has 0 aromatic heterocycles. The van der Waals surface area contributed by atoms with E-state index in [9.17, 15) is 0 Å². The number of rotatable bonds is 4. The van der Waals surface area contributed by atoms with Gasteiger partial charge < -0.3 is 10.1 Å². The standard InChI is InChI=1S/C17H27NO/c1-12(2)13(3)11-18-15-10-17(4,5)19-16-9-7-6-8-14(15)16/h6-9,12-13,15,18H,10-11H2,1-5H3. The summed E-state index contributed by atoms with van der Waals surface area (Å²) in [4.78, 5) is 0. The molecule has 1 aliphatic rings. The van der Waals surface area contributed by atoms with Crippen LogP contribution in [-0.4, -0.2) is 12.1 Å². The summed E-state index contributed by atoms with van der Waals surface area (Å²) in [5.41, 5.74) is 1.21. The third kappa shape index (κ3) is 3.50. The molecule has 19 heavy (non-hydrogen) atoms. The van der Waals surface area contributed by atoms with Gasteiger partial charge in [0.1, 0.15) is 11.4 Å². The lowest BCUT2D eigenvalue weighted by Gasteiger charge is -2.38. The maximum Gasteiger partial charge on any atom is 0.124 e. The van der Waals surface area contributed by atoms with Crippen molar-refractivity contribution < 1.29 is 4.74 Å². The highest BCUT2D eigenvalue weighted by atomic mass is 16.5. The molecule has 0 fully saturated rings. The molecule has 0 radical (unpaired) electrons. The van der Waals surface area contributed by atoms with E-state index in [2.05, 4.69) is 58.1 Å². The quantitative estimate of drug-likeness (QED) is 0.878. The van der Waals surface area contributed by atoms with Crippen LogP contribution in [0.1, 0.15) is 52.6 Å². The number of para-hydroxylation sites is 1. The average molecular weight is 261 g/mol. The van der Waals surface area contributed by atoms with Crippen LogP contribution in [0, 0.1) is 11.8 Å². The van der Waals surface area contributed by atoms with Gasteiger partial charge in [-0.1, -0.05) is 39.0 Å². The largest absolute Gasteiger partial charge is 0.487 e. The predicted octanol–water partition coefficient (Wildman–Crippen LogP) is 4.17. The second kappa shape index (κ2) is 5.54. The van der Waals surface area contributed by atoms with Gasteiger partial charge >= 0.3 is 0 Å². The number of nitrogens with one attached hydrogen (secondary N) is 1. The van der Waals surface area contributed by atoms with E-state index >= 15 is 0 Å². The minimum Gasteiger partial charge on any atom is -0.487 e. The van der Waals surface area contributed by atoms with E-state index in [1.807, 2.05) is 6.07 Å². The number of hydrogen-bond acceptors (Lipinski definition) is 2. The van der Waals surface area contributed by atoms with Gasteiger partial charge in [0.25, 0.3) is 0 Å². The van der Waals surface area contributed by atoms with Crippen molar-refractivity contribution in [2.45, 2.75) is 52.7 Å². The summed E-state index contributed by atoms with van der Waals surface area (Å²) in [6, 6.07) is 8.81. The highest BCUT2D eigenvalue weighted by Crippen LogP contribution is 2.39. The molecule has 0 aliphatic carbocycles. The van der Waals surface area contributed by atoms with Gasteiger partial charge in [0.15, 0.2) is 0 Å². The summed E-state index contributed by atoms with van der Waals surface area (Å²) in [6.45, 7) is 12.3. The van der Waals surface area contributed by atoms with Crippen LogP contribution in [0.5, 0.6) is 5.75 Å². The molecule has 2 heteroatoms. The first-order chi connectivity index (χ1) is 8.89. The molecule has 1 aromatic carbocycles. The van der Waals surface area contributed by atoms with E-state index in [0.29, 0.717) is 12.0 Å². The molecule has 1 aromatic rings. The van der Waals surface area contributed by atoms with Crippen LogP contribution in [0.2, 0.25) is 0 Å². The third-order valence-electron chi connectivity index (χ3n) is 4.20. The molecule has 0 saturated heterocycles. The first kappa shape index (κ1) is 14.4. The molecular formula is C17H27NO. The van der Waals surface area contributed by atoms with Crippen LogP contribution in [0.15, 0.2) is 24.3 Å². The van der Waals surface area contributed by atoms with Crippen LogP contribution in [0.3, 0.4) is 0 Å². The Labute approximate surface area is 117 Å². The molecule has 1 heterocycles. The zero-order chi connectivity index (χ0) is 14.0. The Morgan fingerprint density at radius 3 is 2.63 bits per heavy atom. The lowest BCUT2D eigenvalue weighted by molar-refractivity contribution is 0.0649. The highest BCUT2D eigenvalue weighted by Gasteiger charge is 2.33. The molecule has 2 atom stereocenters. The fourth-order valence-electron chi connectivity index (χ4n) is 2.55. The molecule has 0 saturated carbocycles. The second-order valence-corrected chi connectivity index (χ2v) is 6.79. The van der Waals surface area contributed by atoms with Crippen molar-refractivity contribution in [3.63, 3.8) is 0 Å². The van der Waals surface area contributed by atoms with Crippen LogP contribution in [0.4, 0.5) is 0 Å². The summed E-state index contributed by atoms with van der Waals surface area (Å²) in [7, 11) is 0. The SMILES string of the molecule is CC(C)C(C)CNC1CC(C)(C)Oc2ccccc21. The number of benzene rings is 1. The minimum absolute atomic E-state index is 0.0902. The minimum atomic E-state index is -0.0902. The van der Waals surface area contributed by atoms with Gasteiger partial charge in [-0.3, -0.25) is 0 Å². The molecule has 0 bridgehead atoms. The van der Waals surface area contributed by atoms with Crippen molar-refractivity contribution in [1.82, 2.24) is 5.32 Å². The molecule has 0 spiro atoms. The van der Waals surface area contributed by atoms with Crippen LogP contribution < -0.4 is 10.1 Å². The normalized spacial score (nSPS) is 22.7. The molecule has 2 rings (SSSR count).